The topological polar surface area (TPSA) is 42.2 Å². The molecule has 22 heavy (non-hydrogen) atoms. The quantitative estimate of drug-likeness (QED) is 0.687. The van der Waals surface area contributed by atoms with E-state index in [-0.39, 0.29) is 11.7 Å². The van der Waals surface area contributed by atoms with Gasteiger partial charge in [0.05, 0.1) is 16.3 Å². The third-order valence-corrected chi connectivity index (χ3v) is 3.87. The molecule has 3 rings (SSSR count). The van der Waals surface area contributed by atoms with Crippen LogP contribution in [0.5, 0.6) is 0 Å². The molecule has 0 fully saturated rings. The molecule has 0 spiro atoms. The second-order valence-electron chi connectivity index (χ2n) is 4.61. The Labute approximate surface area is 137 Å². The number of hydrogen-bond donors (Lipinski definition) is 1. The van der Waals surface area contributed by atoms with Crippen LogP contribution < -0.4 is 5.32 Å². The van der Waals surface area contributed by atoms with Crippen LogP contribution in [0.4, 0.5) is 5.69 Å². The van der Waals surface area contributed by atoms with Gasteiger partial charge in [-0.1, -0.05) is 53.5 Å². The minimum atomic E-state index is -0.345. The van der Waals surface area contributed by atoms with Crippen molar-refractivity contribution >= 4 is 34.8 Å². The van der Waals surface area contributed by atoms with E-state index in [2.05, 4.69) is 5.32 Å². The lowest BCUT2D eigenvalue weighted by molar-refractivity contribution is 0.0997. The van der Waals surface area contributed by atoms with Crippen molar-refractivity contribution in [3.05, 3.63) is 76.7 Å². The molecule has 1 amide bonds. The molecule has 0 aliphatic carbocycles. The molecule has 0 radical (unpaired) electrons. The summed E-state index contributed by atoms with van der Waals surface area (Å²) in [4.78, 5) is 12.4. The Morgan fingerprint density at radius 3 is 2.45 bits per heavy atom. The van der Waals surface area contributed by atoms with Gasteiger partial charge in [0.25, 0.3) is 5.91 Å². The molecule has 1 aromatic heterocycles. The third-order valence-electron chi connectivity index (χ3n) is 3.13. The summed E-state index contributed by atoms with van der Waals surface area (Å²) in [6.45, 7) is 0. The number of rotatable bonds is 3. The van der Waals surface area contributed by atoms with Gasteiger partial charge < -0.3 is 9.73 Å². The molecule has 1 N–H and O–H groups in total. The van der Waals surface area contributed by atoms with Crippen molar-refractivity contribution in [3.63, 3.8) is 0 Å². The summed E-state index contributed by atoms with van der Waals surface area (Å²) in [6, 6.07) is 16.2. The second kappa shape index (κ2) is 6.26. The highest BCUT2D eigenvalue weighted by Gasteiger charge is 2.17. The highest BCUT2D eigenvalue weighted by atomic mass is 35.5. The van der Waals surface area contributed by atoms with Crippen LogP contribution in [0.15, 0.2) is 65.3 Å². The highest BCUT2D eigenvalue weighted by Crippen LogP contribution is 2.28. The van der Waals surface area contributed by atoms with E-state index in [1.54, 1.807) is 24.3 Å². The fourth-order valence-electron chi connectivity index (χ4n) is 2.09. The number of benzene rings is 2. The average Bonchev–Trinajstić information content (AvgIpc) is 3.01. The molecule has 3 aromatic rings. The van der Waals surface area contributed by atoms with Crippen molar-refractivity contribution in [1.29, 1.82) is 0 Å². The molecule has 0 atom stereocenters. The van der Waals surface area contributed by atoms with Gasteiger partial charge in [0.2, 0.25) is 0 Å². The van der Waals surface area contributed by atoms with E-state index in [4.69, 9.17) is 27.6 Å². The van der Waals surface area contributed by atoms with Crippen molar-refractivity contribution in [3.8, 4) is 11.1 Å². The average molecular weight is 332 g/mol. The lowest BCUT2D eigenvalue weighted by Crippen LogP contribution is -2.11. The van der Waals surface area contributed by atoms with Crippen molar-refractivity contribution in [2.75, 3.05) is 5.32 Å². The summed E-state index contributed by atoms with van der Waals surface area (Å²) in [5.41, 5.74) is 2.20. The predicted molar refractivity (Wildman–Crippen MR) is 88.6 cm³/mol. The van der Waals surface area contributed by atoms with E-state index in [0.717, 1.165) is 11.1 Å². The number of anilines is 1. The van der Waals surface area contributed by atoms with Crippen LogP contribution in [-0.4, -0.2) is 5.91 Å². The Hall–Kier alpha value is -2.23. The van der Waals surface area contributed by atoms with Crippen molar-refractivity contribution in [2.45, 2.75) is 0 Å². The zero-order chi connectivity index (χ0) is 15.5. The van der Waals surface area contributed by atoms with Gasteiger partial charge in [-0.3, -0.25) is 4.79 Å². The molecule has 110 valence electrons. The van der Waals surface area contributed by atoms with Crippen LogP contribution in [0.1, 0.15) is 10.6 Å². The summed E-state index contributed by atoms with van der Waals surface area (Å²) >= 11 is 11.8. The monoisotopic (exact) mass is 331 g/mol. The molecule has 0 saturated carbocycles. The van der Waals surface area contributed by atoms with Gasteiger partial charge in [0.1, 0.15) is 0 Å². The van der Waals surface area contributed by atoms with Crippen LogP contribution in [0, 0.1) is 0 Å². The van der Waals surface area contributed by atoms with E-state index in [0.29, 0.717) is 15.7 Å². The maximum absolute atomic E-state index is 12.4. The van der Waals surface area contributed by atoms with E-state index < -0.39 is 0 Å². The van der Waals surface area contributed by atoms with Gasteiger partial charge >= 0.3 is 0 Å². The van der Waals surface area contributed by atoms with Crippen LogP contribution in [-0.2, 0) is 0 Å². The van der Waals surface area contributed by atoms with E-state index in [1.165, 1.54) is 6.26 Å². The smallest absolute Gasteiger partial charge is 0.292 e. The number of hydrogen-bond acceptors (Lipinski definition) is 2. The van der Waals surface area contributed by atoms with Crippen molar-refractivity contribution in [2.24, 2.45) is 0 Å². The first-order valence-corrected chi connectivity index (χ1v) is 7.30. The summed E-state index contributed by atoms with van der Waals surface area (Å²) in [5, 5.41) is 3.56. The standard InChI is InChI=1S/C17H11Cl2NO2/c18-14-7-6-12(10-15(14)19)20-17(21)16-13(8-9-22-16)11-4-2-1-3-5-11/h1-10H,(H,20,21). The molecule has 0 bridgehead atoms. The van der Waals surface area contributed by atoms with Gasteiger partial charge in [0.15, 0.2) is 5.76 Å². The van der Waals surface area contributed by atoms with Crippen LogP contribution in [0.25, 0.3) is 11.1 Å². The lowest BCUT2D eigenvalue weighted by atomic mass is 10.1. The molecule has 0 unspecified atom stereocenters. The van der Waals surface area contributed by atoms with Crippen molar-refractivity contribution in [1.82, 2.24) is 0 Å². The van der Waals surface area contributed by atoms with Gasteiger partial charge in [-0.05, 0) is 29.8 Å². The zero-order valence-corrected chi connectivity index (χ0v) is 12.9. The number of carbonyl (C=O) groups excluding carboxylic acids is 1. The van der Waals surface area contributed by atoms with Gasteiger partial charge in [0, 0.05) is 11.3 Å². The molecule has 2 aromatic carbocycles. The van der Waals surface area contributed by atoms with Crippen LogP contribution >= 0.6 is 23.2 Å². The number of furan rings is 1. The molecular formula is C17H11Cl2NO2. The van der Waals surface area contributed by atoms with Crippen LogP contribution in [0.2, 0.25) is 10.0 Å². The first-order chi connectivity index (χ1) is 10.6. The SMILES string of the molecule is O=C(Nc1ccc(Cl)c(Cl)c1)c1occc1-c1ccccc1. The third kappa shape index (κ3) is 3.01. The molecule has 1 heterocycles. The molecule has 5 heteroatoms. The number of amides is 1. The summed E-state index contributed by atoms with van der Waals surface area (Å²) < 4.78 is 5.34. The van der Waals surface area contributed by atoms with E-state index in [1.807, 2.05) is 30.3 Å². The molecule has 0 saturated heterocycles. The lowest BCUT2D eigenvalue weighted by Gasteiger charge is -2.06. The summed E-state index contributed by atoms with van der Waals surface area (Å²) in [5.74, 6) is -0.0977. The molecule has 0 aliphatic rings. The van der Waals surface area contributed by atoms with Crippen LogP contribution in [0.3, 0.4) is 0 Å². The normalized spacial score (nSPS) is 10.5. The van der Waals surface area contributed by atoms with Gasteiger partial charge in [-0.15, -0.1) is 0 Å². The Balaban J connectivity index is 1.87. The Morgan fingerprint density at radius 1 is 0.955 bits per heavy atom. The van der Waals surface area contributed by atoms with Gasteiger partial charge in [-0.2, -0.15) is 0 Å². The first-order valence-electron chi connectivity index (χ1n) is 6.54. The zero-order valence-electron chi connectivity index (χ0n) is 11.3. The maximum atomic E-state index is 12.4. The molecule has 3 nitrogen and oxygen atoms in total. The number of halogens is 2. The minimum absolute atomic E-state index is 0.247. The Bertz CT molecular complexity index is 813. The van der Waals surface area contributed by atoms with Gasteiger partial charge in [-0.25, -0.2) is 0 Å². The second-order valence-corrected chi connectivity index (χ2v) is 5.43. The fourth-order valence-corrected chi connectivity index (χ4v) is 2.39. The van der Waals surface area contributed by atoms with E-state index in [9.17, 15) is 4.79 Å². The summed E-state index contributed by atoms with van der Waals surface area (Å²) in [6.07, 6.45) is 1.49. The molecular weight excluding hydrogens is 321 g/mol. The molecule has 0 aliphatic heterocycles. The summed E-state index contributed by atoms with van der Waals surface area (Å²) in [7, 11) is 0. The first kappa shape index (κ1) is 14.7. The maximum Gasteiger partial charge on any atom is 0.292 e. The predicted octanol–water partition coefficient (Wildman–Crippen LogP) is 5.51. The number of nitrogens with one attached hydrogen (secondary N) is 1. The minimum Gasteiger partial charge on any atom is -0.459 e. The highest BCUT2D eigenvalue weighted by molar-refractivity contribution is 6.42. The number of carbonyl (C=O) groups is 1. The Morgan fingerprint density at radius 2 is 1.73 bits per heavy atom. The van der Waals surface area contributed by atoms with Crippen molar-refractivity contribution < 1.29 is 9.21 Å². The van der Waals surface area contributed by atoms with E-state index >= 15 is 0 Å². The Kier molecular flexibility index (Phi) is 4.18. The largest absolute Gasteiger partial charge is 0.459 e. The fraction of sp³-hybridized carbons (Fsp3) is 0.